The minimum absolute atomic E-state index is 0.262. The van der Waals surface area contributed by atoms with Gasteiger partial charge in [0.25, 0.3) is 0 Å². The zero-order valence-electron chi connectivity index (χ0n) is 24.4. The van der Waals surface area contributed by atoms with E-state index in [1.165, 1.54) is 69.8 Å². The molecule has 0 bridgehead atoms. The minimum atomic E-state index is 0.262. The van der Waals surface area contributed by atoms with Gasteiger partial charge in [-0.25, -0.2) is 0 Å². The standard InChI is InChI=1S/C32H50O4S/c1-8-9-10-11-12-13-14-15-16-17-22-37-29(21-18-24(2)3)25-23-28(35-6)30-26(33-4)19-20-27(34-5)31(30)32(25)36-7/h18-20,23,29H,8-17,21-22H2,1-7H3. The van der Waals surface area contributed by atoms with Crippen molar-refractivity contribution in [1.82, 2.24) is 0 Å². The Morgan fingerprint density at radius 2 is 1.27 bits per heavy atom. The Morgan fingerprint density at radius 1 is 0.730 bits per heavy atom. The van der Waals surface area contributed by atoms with E-state index < -0.39 is 0 Å². The highest BCUT2D eigenvalue weighted by molar-refractivity contribution is 7.99. The summed E-state index contributed by atoms with van der Waals surface area (Å²) in [4.78, 5) is 0. The molecule has 1 unspecified atom stereocenters. The van der Waals surface area contributed by atoms with Crippen molar-refractivity contribution in [3.63, 3.8) is 0 Å². The van der Waals surface area contributed by atoms with E-state index in [1.807, 2.05) is 23.9 Å². The number of allylic oxidation sites excluding steroid dienone is 2. The van der Waals surface area contributed by atoms with Crippen molar-refractivity contribution in [2.75, 3.05) is 34.2 Å². The van der Waals surface area contributed by atoms with Crippen LogP contribution >= 0.6 is 11.8 Å². The highest BCUT2D eigenvalue weighted by atomic mass is 32.2. The highest BCUT2D eigenvalue weighted by Gasteiger charge is 2.25. The van der Waals surface area contributed by atoms with Crippen LogP contribution in [0.1, 0.15) is 102 Å². The van der Waals surface area contributed by atoms with Gasteiger partial charge in [-0.2, -0.15) is 11.8 Å². The van der Waals surface area contributed by atoms with Crippen molar-refractivity contribution in [2.45, 2.75) is 96.7 Å². The second kappa shape index (κ2) is 17.5. The lowest BCUT2D eigenvalue weighted by Gasteiger charge is -2.23. The van der Waals surface area contributed by atoms with E-state index in [9.17, 15) is 0 Å². The Hall–Kier alpha value is -2.01. The van der Waals surface area contributed by atoms with Crippen LogP contribution in [0.4, 0.5) is 0 Å². The van der Waals surface area contributed by atoms with E-state index in [-0.39, 0.29) is 5.25 Å². The van der Waals surface area contributed by atoms with Crippen molar-refractivity contribution in [1.29, 1.82) is 0 Å². The summed E-state index contributed by atoms with van der Waals surface area (Å²) in [6.07, 6.45) is 16.9. The zero-order chi connectivity index (χ0) is 27.0. The Balaban J connectivity index is 2.19. The molecule has 0 spiro atoms. The number of thioether (sulfide) groups is 1. The summed E-state index contributed by atoms with van der Waals surface area (Å²) in [6, 6.07) is 6.00. The van der Waals surface area contributed by atoms with Gasteiger partial charge in [-0.05, 0) is 50.6 Å². The molecule has 208 valence electrons. The van der Waals surface area contributed by atoms with Crippen LogP contribution in [0.3, 0.4) is 0 Å². The van der Waals surface area contributed by atoms with Crippen molar-refractivity contribution >= 4 is 22.5 Å². The molecule has 5 heteroatoms. The van der Waals surface area contributed by atoms with Crippen LogP contribution in [0, 0.1) is 0 Å². The molecule has 0 saturated heterocycles. The summed E-state index contributed by atoms with van der Waals surface area (Å²) in [5, 5.41) is 2.05. The molecule has 37 heavy (non-hydrogen) atoms. The fraction of sp³-hybridized carbons (Fsp3) is 0.625. The number of hydrogen-bond acceptors (Lipinski definition) is 5. The molecule has 0 saturated carbocycles. The molecule has 0 aromatic heterocycles. The lowest BCUT2D eigenvalue weighted by molar-refractivity contribution is 0.389. The first-order chi connectivity index (χ1) is 18.0. The van der Waals surface area contributed by atoms with E-state index in [0.29, 0.717) is 0 Å². The third-order valence-electron chi connectivity index (χ3n) is 6.92. The van der Waals surface area contributed by atoms with E-state index in [1.54, 1.807) is 28.4 Å². The lowest BCUT2D eigenvalue weighted by atomic mass is 9.98. The van der Waals surface area contributed by atoms with E-state index in [2.05, 4.69) is 32.9 Å². The van der Waals surface area contributed by atoms with Gasteiger partial charge in [0, 0.05) is 10.8 Å². The highest BCUT2D eigenvalue weighted by Crippen LogP contribution is 2.50. The number of ether oxygens (including phenoxy) is 4. The number of rotatable bonds is 19. The smallest absolute Gasteiger partial charge is 0.135 e. The normalized spacial score (nSPS) is 11.9. The maximum Gasteiger partial charge on any atom is 0.135 e. The minimum Gasteiger partial charge on any atom is -0.496 e. The van der Waals surface area contributed by atoms with Gasteiger partial charge in [0.05, 0.1) is 39.2 Å². The SMILES string of the molecule is CCCCCCCCCCCCSC(CC=C(C)C)c1cc(OC)c2c(OC)ccc(OC)c2c1OC. The molecule has 2 rings (SSSR count). The molecule has 0 fully saturated rings. The first kappa shape index (κ1) is 31.2. The van der Waals surface area contributed by atoms with Crippen molar-refractivity contribution in [3.8, 4) is 23.0 Å². The van der Waals surface area contributed by atoms with Crippen LogP contribution in [-0.2, 0) is 0 Å². The van der Waals surface area contributed by atoms with Gasteiger partial charge in [-0.3, -0.25) is 0 Å². The third-order valence-corrected chi connectivity index (χ3v) is 8.29. The molecule has 0 heterocycles. The Labute approximate surface area is 230 Å². The summed E-state index contributed by atoms with van der Waals surface area (Å²) < 4.78 is 23.4. The fourth-order valence-electron chi connectivity index (χ4n) is 4.86. The van der Waals surface area contributed by atoms with E-state index in [4.69, 9.17) is 18.9 Å². The Kier molecular flexibility index (Phi) is 14.8. The molecular weight excluding hydrogens is 480 g/mol. The van der Waals surface area contributed by atoms with Crippen LogP contribution in [0.5, 0.6) is 23.0 Å². The second-order valence-electron chi connectivity index (χ2n) is 9.98. The van der Waals surface area contributed by atoms with Crippen molar-refractivity contribution in [3.05, 3.63) is 35.4 Å². The molecule has 0 amide bonds. The monoisotopic (exact) mass is 530 g/mol. The average molecular weight is 531 g/mol. The number of methoxy groups -OCH3 is 4. The molecule has 2 aromatic carbocycles. The van der Waals surface area contributed by atoms with Crippen LogP contribution in [0.15, 0.2) is 29.8 Å². The average Bonchev–Trinajstić information content (AvgIpc) is 2.91. The zero-order valence-corrected chi connectivity index (χ0v) is 25.2. The topological polar surface area (TPSA) is 36.9 Å². The summed E-state index contributed by atoms with van der Waals surface area (Å²) in [6.45, 7) is 6.61. The van der Waals surface area contributed by atoms with Crippen LogP contribution in [0.2, 0.25) is 0 Å². The molecule has 2 aromatic rings. The lowest BCUT2D eigenvalue weighted by Crippen LogP contribution is -2.03. The Bertz CT molecular complexity index is 965. The van der Waals surface area contributed by atoms with Gasteiger partial charge < -0.3 is 18.9 Å². The summed E-state index contributed by atoms with van der Waals surface area (Å²) in [5.41, 5.74) is 2.48. The van der Waals surface area contributed by atoms with Gasteiger partial charge in [0.1, 0.15) is 23.0 Å². The molecule has 4 nitrogen and oxygen atoms in total. The quantitative estimate of drug-likeness (QED) is 0.133. The van der Waals surface area contributed by atoms with Crippen LogP contribution in [0.25, 0.3) is 10.8 Å². The van der Waals surface area contributed by atoms with Gasteiger partial charge in [-0.15, -0.1) is 0 Å². The second-order valence-corrected chi connectivity index (χ2v) is 11.3. The molecule has 0 N–H and O–H groups in total. The van der Waals surface area contributed by atoms with E-state index in [0.717, 1.165) is 51.5 Å². The van der Waals surface area contributed by atoms with Gasteiger partial charge in [0.2, 0.25) is 0 Å². The molecule has 0 aliphatic heterocycles. The maximum atomic E-state index is 6.07. The van der Waals surface area contributed by atoms with Gasteiger partial charge in [0.15, 0.2) is 0 Å². The van der Waals surface area contributed by atoms with E-state index >= 15 is 0 Å². The summed E-state index contributed by atoms with van der Waals surface area (Å²) in [5.74, 6) is 4.26. The number of unbranched alkanes of at least 4 members (excludes halogenated alkanes) is 9. The largest absolute Gasteiger partial charge is 0.496 e. The fourth-order valence-corrected chi connectivity index (χ4v) is 6.10. The van der Waals surface area contributed by atoms with Crippen LogP contribution < -0.4 is 18.9 Å². The number of hydrogen-bond donors (Lipinski definition) is 0. The number of fused-ring (bicyclic) bond motifs is 1. The molecule has 0 radical (unpaired) electrons. The molecule has 0 aliphatic rings. The van der Waals surface area contributed by atoms with Crippen molar-refractivity contribution < 1.29 is 18.9 Å². The summed E-state index contributed by atoms with van der Waals surface area (Å²) in [7, 11) is 6.84. The van der Waals surface area contributed by atoms with Crippen LogP contribution in [-0.4, -0.2) is 34.2 Å². The summed E-state index contributed by atoms with van der Waals surface area (Å²) >= 11 is 2.02. The first-order valence-electron chi connectivity index (χ1n) is 14.1. The Morgan fingerprint density at radius 3 is 1.78 bits per heavy atom. The van der Waals surface area contributed by atoms with Crippen molar-refractivity contribution in [2.24, 2.45) is 0 Å². The predicted octanol–water partition coefficient (Wildman–Crippen LogP) is 9.93. The molecular formula is C32H50O4S. The predicted molar refractivity (Wildman–Crippen MR) is 161 cm³/mol. The number of benzene rings is 2. The first-order valence-corrected chi connectivity index (χ1v) is 15.1. The maximum absolute atomic E-state index is 6.07. The molecule has 0 aliphatic carbocycles. The molecule has 1 atom stereocenters. The van der Waals surface area contributed by atoms with Gasteiger partial charge in [-0.1, -0.05) is 76.4 Å². The third kappa shape index (κ3) is 9.35. The van der Waals surface area contributed by atoms with Gasteiger partial charge >= 0.3 is 0 Å².